The van der Waals surface area contributed by atoms with Crippen molar-refractivity contribution in [3.05, 3.63) is 83.8 Å². The molecule has 1 heterocycles. The highest BCUT2D eigenvalue weighted by Gasteiger charge is 2.09. The van der Waals surface area contributed by atoms with Crippen LogP contribution in [0.3, 0.4) is 0 Å². The molecule has 2 aromatic carbocycles. The van der Waals surface area contributed by atoms with Gasteiger partial charge in [0.25, 0.3) is 0 Å². The summed E-state index contributed by atoms with van der Waals surface area (Å²) in [5.41, 5.74) is 4.46. The lowest BCUT2D eigenvalue weighted by atomic mass is 10.2. The number of halogens is 1. The number of hydrazone groups is 1. The van der Waals surface area contributed by atoms with Crippen LogP contribution in [0.4, 0.5) is 10.2 Å². The van der Waals surface area contributed by atoms with Gasteiger partial charge < -0.3 is 9.47 Å². The third-order valence-electron chi connectivity index (χ3n) is 3.57. The second-order valence-electron chi connectivity index (χ2n) is 5.38. The average molecular weight is 351 g/mol. The van der Waals surface area contributed by atoms with Crippen molar-refractivity contribution < 1.29 is 13.9 Å². The Hall–Kier alpha value is -3.41. The van der Waals surface area contributed by atoms with E-state index >= 15 is 0 Å². The molecule has 6 heteroatoms. The predicted molar refractivity (Wildman–Crippen MR) is 99.2 cm³/mol. The van der Waals surface area contributed by atoms with E-state index in [4.69, 9.17) is 9.47 Å². The molecule has 0 bridgehead atoms. The second-order valence-corrected chi connectivity index (χ2v) is 5.38. The first-order valence-corrected chi connectivity index (χ1v) is 8.00. The Morgan fingerprint density at radius 2 is 1.92 bits per heavy atom. The summed E-state index contributed by atoms with van der Waals surface area (Å²) in [5, 5.41) is 4.19. The minimum atomic E-state index is -0.278. The molecule has 3 aromatic rings. The van der Waals surface area contributed by atoms with Crippen molar-refractivity contribution in [2.24, 2.45) is 5.10 Å². The number of rotatable bonds is 7. The van der Waals surface area contributed by atoms with Crippen LogP contribution in [0.2, 0.25) is 0 Å². The monoisotopic (exact) mass is 351 g/mol. The maximum atomic E-state index is 13.0. The quantitative estimate of drug-likeness (QED) is 0.511. The van der Waals surface area contributed by atoms with Crippen LogP contribution < -0.4 is 14.9 Å². The van der Waals surface area contributed by atoms with Crippen LogP contribution in [0.15, 0.2) is 72.0 Å². The molecule has 3 rings (SSSR count). The van der Waals surface area contributed by atoms with Gasteiger partial charge in [0.2, 0.25) is 0 Å². The van der Waals surface area contributed by atoms with Gasteiger partial charge in [-0.15, -0.1) is 0 Å². The second kappa shape index (κ2) is 8.62. The van der Waals surface area contributed by atoms with Crippen molar-refractivity contribution in [2.45, 2.75) is 6.61 Å². The molecular formula is C20H18FN3O2. The molecule has 0 saturated heterocycles. The molecule has 0 aliphatic carbocycles. The molecule has 0 aliphatic heterocycles. The Balaban J connectivity index is 1.75. The van der Waals surface area contributed by atoms with Crippen LogP contribution in [0.5, 0.6) is 11.5 Å². The Morgan fingerprint density at radius 3 is 2.65 bits per heavy atom. The number of aromatic nitrogens is 1. The molecule has 1 N–H and O–H groups in total. The highest BCUT2D eigenvalue weighted by Crippen LogP contribution is 2.30. The van der Waals surface area contributed by atoms with Gasteiger partial charge in [0.05, 0.1) is 13.3 Å². The van der Waals surface area contributed by atoms with Crippen LogP contribution in [-0.2, 0) is 6.61 Å². The summed E-state index contributed by atoms with van der Waals surface area (Å²) >= 11 is 0. The minimum Gasteiger partial charge on any atom is -0.493 e. The van der Waals surface area contributed by atoms with Crippen molar-refractivity contribution in [2.75, 3.05) is 12.5 Å². The SMILES string of the molecule is COc1cccc(C=NNc2ccccn2)c1OCc1ccc(F)cc1. The molecule has 26 heavy (non-hydrogen) atoms. The summed E-state index contributed by atoms with van der Waals surface area (Å²) in [4.78, 5) is 4.14. The van der Waals surface area contributed by atoms with E-state index in [0.717, 1.165) is 11.1 Å². The molecule has 0 unspecified atom stereocenters. The van der Waals surface area contributed by atoms with Crippen molar-refractivity contribution in [1.29, 1.82) is 0 Å². The standard InChI is InChI=1S/C20H18FN3O2/c1-25-18-6-4-5-16(13-23-24-19-7-2-3-12-22-19)20(18)26-14-15-8-10-17(21)11-9-15/h2-13H,14H2,1H3,(H,22,24). The number of methoxy groups -OCH3 is 1. The van der Waals surface area contributed by atoms with Gasteiger partial charge in [0.15, 0.2) is 11.5 Å². The van der Waals surface area contributed by atoms with Crippen LogP contribution in [0.1, 0.15) is 11.1 Å². The van der Waals surface area contributed by atoms with Crippen molar-refractivity contribution >= 4 is 12.0 Å². The Labute approximate surface area is 151 Å². The molecular weight excluding hydrogens is 333 g/mol. The topological polar surface area (TPSA) is 55.7 Å². The lowest BCUT2D eigenvalue weighted by molar-refractivity contribution is 0.284. The number of pyridine rings is 1. The molecule has 0 atom stereocenters. The number of nitrogens with one attached hydrogen (secondary N) is 1. The summed E-state index contributed by atoms with van der Waals surface area (Å²) in [7, 11) is 1.58. The van der Waals surface area contributed by atoms with E-state index in [1.54, 1.807) is 31.7 Å². The van der Waals surface area contributed by atoms with E-state index < -0.39 is 0 Å². The molecule has 5 nitrogen and oxygen atoms in total. The van der Waals surface area contributed by atoms with E-state index in [-0.39, 0.29) is 12.4 Å². The maximum absolute atomic E-state index is 13.0. The summed E-state index contributed by atoms with van der Waals surface area (Å²) in [6, 6.07) is 17.2. The van der Waals surface area contributed by atoms with Gasteiger partial charge >= 0.3 is 0 Å². The fraction of sp³-hybridized carbons (Fsp3) is 0.100. The first-order chi connectivity index (χ1) is 12.8. The van der Waals surface area contributed by atoms with Crippen molar-refractivity contribution in [1.82, 2.24) is 4.98 Å². The summed E-state index contributed by atoms with van der Waals surface area (Å²) in [6.07, 6.45) is 3.32. The van der Waals surface area contributed by atoms with Gasteiger partial charge in [-0.25, -0.2) is 9.37 Å². The zero-order valence-electron chi connectivity index (χ0n) is 14.2. The lowest BCUT2D eigenvalue weighted by Gasteiger charge is -2.13. The molecule has 0 radical (unpaired) electrons. The number of para-hydroxylation sites is 1. The summed E-state index contributed by atoms with van der Waals surface area (Å²) < 4.78 is 24.3. The molecule has 0 aliphatic rings. The number of hydrogen-bond acceptors (Lipinski definition) is 5. The number of hydrogen-bond donors (Lipinski definition) is 1. The normalized spacial score (nSPS) is 10.7. The number of nitrogens with zero attached hydrogens (tertiary/aromatic N) is 2. The zero-order chi connectivity index (χ0) is 18.2. The smallest absolute Gasteiger partial charge is 0.170 e. The number of benzene rings is 2. The van der Waals surface area contributed by atoms with Crippen molar-refractivity contribution in [3.63, 3.8) is 0 Å². The molecule has 132 valence electrons. The third-order valence-corrected chi connectivity index (χ3v) is 3.57. The van der Waals surface area contributed by atoms with Gasteiger partial charge in [-0.2, -0.15) is 5.10 Å². The zero-order valence-corrected chi connectivity index (χ0v) is 14.2. The molecule has 0 spiro atoms. The molecule has 0 saturated carbocycles. The molecule has 0 fully saturated rings. The van der Waals surface area contributed by atoms with E-state index in [1.165, 1.54) is 12.1 Å². The largest absolute Gasteiger partial charge is 0.493 e. The first kappa shape index (κ1) is 17.4. The van der Waals surface area contributed by atoms with Crippen LogP contribution in [0.25, 0.3) is 0 Å². The molecule has 1 aromatic heterocycles. The molecule has 0 amide bonds. The summed E-state index contributed by atoms with van der Waals surface area (Å²) in [5.74, 6) is 1.51. The Kier molecular flexibility index (Phi) is 5.77. The van der Waals surface area contributed by atoms with Gasteiger partial charge in [0.1, 0.15) is 18.2 Å². The highest BCUT2D eigenvalue weighted by atomic mass is 19.1. The predicted octanol–water partition coefficient (Wildman–Crippen LogP) is 4.25. The van der Waals surface area contributed by atoms with E-state index in [1.807, 2.05) is 36.4 Å². The Bertz CT molecular complexity index is 868. The fourth-order valence-corrected chi connectivity index (χ4v) is 2.28. The lowest BCUT2D eigenvalue weighted by Crippen LogP contribution is -2.02. The average Bonchev–Trinajstić information content (AvgIpc) is 2.69. The summed E-state index contributed by atoms with van der Waals surface area (Å²) in [6.45, 7) is 0.287. The van der Waals surface area contributed by atoms with E-state index in [2.05, 4.69) is 15.5 Å². The highest BCUT2D eigenvalue weighted by molar-refractivity contribution is 5.85. The van der Waals surface area contributed by atoms with Gasteiger partial charge in [-0.05, 0) is 42.0 Å². The fourth-order valence-electron chi connectivity index (χ4n) is 2.28. The van der Waals surface area contributed by atoms with Crippen LogP contribution >= 0.6 is 0 Å². The van der Waals surface area contributed by atoms with Gasteiger partial charge in [-0.1, -0.05) is 24.3 Å². The minimum absolute atomic E-state index is 0.278. The first-order valence-electron chi connectivity index (χ1n) is 8.00. The van der Waals surface area contributed by atoms with Crippen LogP contribution in [0, 0.1) is 5.82 Å². The van der Waals surface area contributed by atoms with Crippen LogP contribution in [-0.4, -0.2) is 18.3 Å². The maximum Gasteiger partial charge on any atom is 0.170 e. The van der Waals surface area contributed by atoms with Gasteiger partial charge in [-0.3, -0.25) is 5.43 Å². The van der Waals surface area contributed by atoms with Gasteiger partial charge in [0, 0.05) is 11.8 Å². The van der Waals surface area contributed by atoms with E-state index in [0.29, 0.717) is 17.3 Å². The number of anilines is 1. The Morgan fingerprint density at radius 1 is 1.08 bits per heavy atom. The van der Waals surface area contributed by atoms with E-state index in [9.17, 15) is 4.39 Å². The van der Waals surface area contributed by atoms with Crippen molar-refractivity contribution in [3.8, 4) is 11.5 Å². The number of ether oxygens (including phenoxy) is 2. The third kappa shape index (κ3) is 4.57.